The van der Waals surface area contributed by atoms with Gasteiger partial charge in [-0.05, 0) is 38.1 Å². The Kier molecular flexibility index (Phi) is 4.95. The third-order valence-electron chi connectivity index (χ3n) is 3.11. The first-order valence-electron chi connectivity index (χ1n) is 6.71. The topological polar surface area (TPSA) is 45.2 Å². The van der Waals surface area contributed by atoms with Gasteiger partial charge < -0.3 is 10.2 Å². The predicted octanol–water partition coefficient (Wildman–Crippen LogP) is 2.96. The lowest BCUT2D eigenvalue weighted by Gasteiger charge is -2.23. The number of halogens is 1. The number of carbonyl (C=O) groups excluding carboxylic acids is 1. The number of carbonyl (C=O) groups is 1. The fourth-order valence-corrected chi connectivity index (χ4v) is 2.52. The molecule has 0 aliphatic carbocycles. The van der Waals surface area contributed by atoms with E-state index in [-0.39, 0.29) is 5.91 Å². The van der Waals surface area contributed by atoms with Gasteiger partial charge in [0.15, 0.2) is 0 Å². The second-order valence-corrected chi connectivity index (χ2v) is 5.37. The molecule has 0 radical (unpaired) electrons. The number of likely N-dealkylation sites (N-methyl/N-ethyl adjacent to an activating group) is 2. The molecule has 5 heteroatoms. The number of aromatic nitrogens is 1. The highest BCUT2D eigenvalue weighted by molar-refractivity contribution is 9.10. The van der Waals surface area contributed by atoms with Crippen molar-refractivity contribution in [1.29, 1.82) is 0 Å². The lowest BCUT2D eigenvalue weighted by Crippen LogP contribution is -2.37. The summed E-state index contributed by atoms with van der Waals surface area (Å²) in [5.74, 6) is 0.0384. The van der Waals surface area contributed by atoms with Crippen LogP contribution in [0.4, 0.5) is 5.69 Å². The molecule has 20 heavy (non-hydrogen) atoms. The Morgan fingerprint density at radius 2 is 2.15 bits per heavy atom. The van der Waals surface area contributed by atoms with Crippen LogP contribution >= 0.6 is 15.9 Å². The zero-order chi connectivity index (χ0) is 14.5. The summed E-state index contributed by atoms with van der Waals surface area (Å²) in [5.41, 5.74) is 1.96. The van der Waals surface area contributed by atoms with Gasteiger partial charge >= 0.3 is 0 Å². The van der Waals surface area contributed by atoms with E-state index < -0.39 is 0 Å². The van der Waals surface area contributed by atoms with E-state index in [9.17, 15) is 4.79 Å². The van der Waals surface area contributed by atoms with Crippen molar-refractivity contribution in [2.45, 2.75) is 13.8 Å². The number of hydrogen-bond donors (Lipinski definition) is 1. The van der Waals surface area contributed by atoms with E-state index in [1.807, 2.05) is 38.1 Å². The quantitative estimate of drug-likeness (QED) is 0.913. The fourth-order valence-electron chi connectivity index (χ4n) is 2.18. The molecule has 0 unspecified atom stereocenters. The minimum Gasteiger partial charge on any atom is -0.362 e. The molecule has 1 heterocycles. The fraction of sp³-hybridized carbons (Fsp3) is 0.333. The minimum atomic E-state index is 0.0384. The summed E-state index contributed by atoms with van der Waals surface area (Å²) in [6, 6.07) is 7.97. The second-order valence-electron chi connectivity index (χ2n) is 4.46. The standard InChI is InChI=1S/C15H18BrN3O/c1-3-17-15(20)10-19(4-2)14-7-8-18-13-9-11(16)5-6-12(13)14/h5-9H,3-4,10H2,1-2H3,(H,17,20). The Morgan fingerprint density at radius 1 is 1.35 bits per heavy atom. The van der Waals surface area contributed by atoms with Crippen LogP contribution in [0.25, 0.3) is 10.9 Å². The maximum Gasteiger partial charge on any atom is 0.239 e. The van der Waals surface area contributed by atoms with Gasteiger partial charge in [-0.25, -0.2) is 0 Å². The Balaban J connectivity index is 2.36. The van der Waals surface area contributed by atoms with Crippen molar-refractivity contribution in [1.82, 2.24) is 10.3 Å². The molecule has 4 nitrogen and oxygen atoms in total. The molecule has 0 spiro atoms. The van der Waals surface area contributed by atoms with Crippen LogP contribution in [0.3, 0.4) is 0 Å². The van der Waals surface area contributed by atoms with Gasteiger partial charge in [0.2, 0.25) is 5.91 Å². The van der Waals surface area contributed by atoms with Crippen molar-refractivity contribution >= 4 is 38.4 Å². The summed E-state index contributed by atoms with van der Waals surface area (Å²) in [6.45, 7) is 5.75. The first-order valence-corrected chi connectivity index (χ1v) is 7.51. The molecule has 1 aromatic heterocycles. The van der Waals surface area contributed by atoms with E-state index in [0.717, 1.165) is 27.6 Å². The van der Waals surface area contributed by atoms with Crippen molar-refractivity contribution < 1.29 is 4.79 Å². The molecule has 1 N–H and O–H groups in total. The van der Waals surface area contributed by atoms with E-state index in [1.54, 1.807) is 6.20 Å². The van der Waals surface area contributed by atoms with Gasteiger partial charge in [0.1, 0.15) is 0 Å². The van der Waals surface area contributed by atoms with Gasteiger partial charge in [0.05, 0.1) is 12.1 Å². The molecule has 0 saturated heterocycles. The van der Waals surface area contributed by atoms with Crippen LogP contribution in [0.1, 0.15) is 13.8 Å². The molecule has 2 rings (SSSR count). The van der Waals surface area contributed by atoms with Gasteiger partial charge in [-0.3, -0.25) is 9.78 Å². The molecule has 0 bridgehead atoms. The number of rotatable bonds is 5. The van der Waals surface area contributed by atoms with Crippen molar-refractivity contribution in [3.8, 4) is 0 Å². The number of hydrogen-bond acceptors (Lipinski definition) is 3. The summed E-state index contributed by atoms with van der Waals surface area (Å²) >= 11 is 3.45. The van der Waals surface area contributed by atoms with Crippen LogP contribution in [-0.2, 0) is 4.79 Å². The smallest absolute Gasteiger partial charge is 0.239 e. The number of nitrogens with zero attached hydrogens (tertiary/aromatic N) is 2. The zero-order valence-electron chi connectivity index (χ0n) is 11.7. The third kappa shape index (κ3) is 3.28. The van der Waals surface area contributed by atoms with Crippen molar-refractivity contribution in [2.24, 2.45) is 0 Å². The molecule has 1 aromatic carbocycles. The first kappa shape index (κ1) is 14.8. The minimum absolute atomic E-state index is 0.0384. The number of nitrogens with one attached hydrogen (secondary N) is 1. The van der Waals surface area contributed by atoms with Crippen molar-refractivity contribution in [2.75, 3.05) is 24.5 Å². The van der Waals surface area contributed by atoms with Gasteiger partial charge in [-0.15, -0.1) is 0 Å². The average molecular weight is 336 g/mol. The van der Waals surface area contributed by atoms with Crippen LogP contribution in [0.2, 0.25) is 0 Å². The highest BCUT2D eigenvalue weighted by Gasteiger charge is 2.12. The molecule has 0 fully saturated rings. The number of anilines is 1. The van der Waals surface area contributed by atoms with E-state index in [2.05, 4.69) is 31.1 Å². The molecule has 106 valence electrons. The molecule has 0 saturated carbocycles. The molecule has 2 aromatic rings. The highest BCUT2D eigenvalue weighted by atomic mass is 79.9. The van der Waals surface area contributed by atoms with Gasteiger partial charge in [-0.1, -0.05) is 15.9 Å². The van der Waals surface area contributed by atoms with Gasteiger partial charge in [0.25, 0.3) is 0 Å². The predicted molar refractivity (Wildman–Crippen MR) is 86.0 cm³/mol. The summed E-state index contributed by atoms with van der Waals surface area (Å²) in [4.78, 5) is 18.2. The summed E-state index contributed by atoms with van der Waals surface area (Å²) < 4.78 is 1.00. The van der Waals surface area contributed by atoms with E-state index in [1.165, 1.54) is 0 Å². The Hall–Kier alpha value is -1.62. The Labute approximate surface area is 127 Å². The Bertz CT molecular complexity index is 615. The maximum absolute atomic E-state index is 11.8. The van der Waals surface area contributed by atoms with E-state index >= 15 is 0 Å². The number of amides is 1. The average Bonchev–Trinajstić information content (AvgIpc) is 2.44. The number of benzene rings is 1. The third-order valence-corrected chi connectivity index (χ3v) is 3.61. The van der Waals surface area contributed by atoms with E-state index in [0.29, 0.717) is 13.1 Å². The number of pyridine rings is 1. The van der Waals surface area contributed by atoms with Crippen LogP contribution in [0.5, 0.6) is 0 Å². The first-order chi connectivity index (χ1) is 9.65. The SMILES string of the molecule is CCNC(=O)CN(CC)c1ccnc2cc(Br)ccc12. The van der Waals surface area contributed by atoms with Crippen molar-refractivity contribution in [3.63, 3.8) is 0 Å². The lowest BCUT2D eigenvalue weighted by atomic mass is 10.1. The largest absolute Gasteiger partial charge is 0.362 e. The van der Waals surface area contributed by atoms with Gasteiger partial charge in [0, 0.05) is 34.8 Å². The van der Waals surface area contributed by atoms with Crippen LogP contribution < -0.4 is 10.2 Å². The zero-order valence-corrected chi connectivity index (χ0v) is 13.3. The molecule has 0 atom stereocenters. The molecule has 0 aliphatic rings. The van der Waals surface area contributed by atoms with Crippen LogP contribution in [0, 0.1) is 0 Å². The molecule has 1 amide bonds. The van der Waals surface area contributed by atoms with Crippen LogP contribution in [0.15, 0.2) is 34.9 Å². The second kappa shape index (κ2) is 6.70. The van der Waals surface area contributed by atoms with Gasteiger partial charge in [-0.2, -0.15) is 0 Å². The summed E-state index contributed by atoms with van der Waals surface area (Å²) in [7, 11) is 0. The summed E-state index contributed by atoms with van der Waals surface area (Å²) in [6.07, 6.45) is 1.78. The Morgan fingerprint density at radius 3 is 2.85 bits per heavy atom. The monoisotopic (exact) mass is 335 g/mol. The van der Waals surface area contributed by atoms with Crippen molar-refractivity contribution in [3.05, 3.63) is 34.9 Å². The van der Waals surface area contributed by atoms with Crippen LogP contribution in [-0.4, -0.2) is 30.5 Å². The maximum atomic E-state index is 11.8. The summed E-state index contributed by atoms with van der Waals surface area (Å²) in [5, 5.41) is 3.89. The number of fused-ring (bicyclic) bond motifs is 1. The lowest BCUT2D eigenvalue weighted by molar-refractivity contribution is -0.119. The molecular weight excluding hydrogens is 318 g/mol. The van der Waals surface area contributed by atoms with E-state index in [4.69, 9.17) is 0 Å². The normalized spacial score (nSPS) is 10.6. The molecular formula is C15H18BrN3O. The molecule has 0 aliphatic heterocycles. The highest BCUT2D eigenvalue weighted by Crippen LogP contribution is 2.27.